The van der Waals surface area contributed by atoms with E-state index in [1.54, 1.807) is 0 Å². The van der Waals surface area contributed by atoms with Crippen molar-refractivity contribution in [2.75, 3.05) is 7.11 Å². The minimum absolute atomic E-state index is 0.121. The van der Waals surface area contributed by atoms with Crippen molar-refractivity contribution >= 4 is 11.9 Å². The van der Waals surface area contributed by atoms with E-state index < -0.39 is 0 Å². The summed E-state index contributed by atoms with van der Waals surface area (Å²) in [5, 5.41) is 10.6. The molecule has 1 aromatic rings. The van der Waals surface area contributed by atoms with Gasteiger partial charge in [0.25, 0.3) is 0 Å². The van der Waals surface area contributed by atoms with E-state index in [1.165, 1.54) is 14.0 Å². The molecule has 5 heteroatoms. The van der Waals surface area contributed by atoms with Crippen LogP contribution >= 0.6 is 0 Å². The summed E-state index contributed by atoms with van der Waals surface area (Å²) < 4.78 is 10.2. The summed E-state index contributed by atoms with van der Waals surface area (Å²) in [6.45, 7) is 3.63. The predicted octanol–water partition coefficient (Wildman–Crippen LogP) is 6.02. The van der Waals surface area contributed by atoms with Crippen molar-refractivity contribution in [3.05, 3.63) is 47.5 Å². The molecule has 0 aromatic heterocycles. The fraction of sp³-hybridized carbons (Fsp3) is 0.630. The van der Waals surface area contributed by atoms with Gasteiger partial charge in [-0.25, -0.2) is 0 Å². The van der Waals surface area contributed by atoms with Crippen LogP contribution in [-0.2, 0) is 19.1 Å². The Hall–Kier alpha value is -2.14. The standard InChI is InChI=1S/C27H40O5/c1-4-5-8-12-25(32-20(2)28)21-14-16-23(17-15-21)27-22(18-19-24(27)29)11-9-6-7-10-13-26(30)31-3/h6,9,14-17,22,24-25,27,29H,4-5,7-8,10-13,18-19H2,1-3H3/t22-,24+,25?,27-/m0/s1. The molecular weight excluding hydrogens is 404 g/mol. The SMILES string of the molecule is CCCCCC(OC(C)=O)c1ccc([C@@H]2[C@@H](CC=CCCCC(=O)OC)CC[C@H]2O)cc1. The number of hydrogen-bond acceptors (Lipinski definition) is 5. The lowest BCUT2D eigenvalue weighted by atomic mass is 9.85. The molecule has 178 valence electrons. The maximum Gasteiger partial charge on any atom is 0.305 e. The Kier molecular flexibility index (Phi) is 11.5. The Morgan fingerprint density at radius 2 is 1.88 bits per heavy atom. The number of aliphatic hydroxyl groups is 1. The zero-order valence-electron chi connectivity index (χ0n) is 19.9. The number of carbonyl (C=O) groups is 2. The van der Waals surface area contributed by atoms with Gasteiger partial charge in [0.2, 0.25) is 0 Å². The van der Waals surface area contributed by atoms with E-state index in [1.807, 2.05) is 0 Å². The lowest BCUT2D eigenvalue weighted by Crippen LogP contribution is -2.17. The van der Waals surface area contributed by atoms with Gasteiger partial charge in [-0.15, -0.1) is 0 Å². The molecule has 0 heterocycles. The van der Waals surface area contributed by atoms with Crippen LogP contribution in [0, 0.1) is 5.92 Å². The summed E-state index contributed by atoms with van der Waals surface area (Å²) in [6.07, 6.45) is 12.8. The molecule has 0 radical (unpaired) electrons. The van der Waals surface area contributed by atoms with Gasteiger partial charge in [-0.3, -0.25) is 9.59 Å². The lowest BCUT2D eigenvalue weighted by molar-refractivity contribution is -0.147. The van der Waals surface area contributed by atoms with Crippen molar-refractivity contribution in [3.8, 4) is 0 Å². The molecule has 1 unspecified atom stereocenters. The van der Waals surface area contributed by atoms with E-state index in [0.29, 0.717) is 12.3 Å². The zero-order valence-corrected chi connectivity index (χ0v) is 19.9. The minimum Gasteiger partial charge on any atom is -0.469 e. The van der Waals surface area contributed by atoms with Gasteiger partial charge in [-0.1, -0.05) is 56.2 Å². The second kappa shape index (κ2) is 14.1. The van der Waals surface area contributed by atoms with Crippen LogP contribution in [0.1, 0.15) is 101 Å². The van der Waals surface area contributed by atoms with Crippen LogP contribution in [0.3, 0.4) is 0 Å². The number of hydrogen-bond donors (Lipinski definition) is 1. The van der Waals surface area contributed by atoms with Gasteiger partial charge in [0, 0.05) is 19.3 Å². The highest BCUT2D eigenvalue weighted by atomic mass is 16.5. The van der Waals surface area contributed by atoms with Crippen LogP contribution < -0.4 is 0 Å². The summed E-state index contributed by atoms with van der Waals surface area (Å²) >= 11 is 0. The molecule has 1 aliphatic rings. The molecule has 5 nitrogen and oxygen atoms in total. The van der Waals surface area contributed by atoms with Crippen LogP contribution in [-0.4, -0.2) is 30.3 Å². The Balaban J connectivity index is 1.97. The van der Waals surface area contributed by atoms with E-state index in [9.17, 15) is 14.7 Å². The quantitative estimate of drug-likeness (QED) is 0.229. The molecule has 0 spiro atoms. The number of methoxy groups -OCH3 is 1. The molecule has 4 atom stereocenters. The summed E-state index contributed by atoms with van der Waals surface area (Å²) in [5.74, 6) is 0.111. The summed E-state index contributed by atoms with van der Waals surface area (Å²) in [4.78, 5) is 22.7. The highest BCUT2D eigenvalue weighted by Crippen LogP contribution is 2.42. The average Bonchev–Trinajstić information content (AvgIpc) is 3.15. The van der Waals surface area contributed by atoms with Gasteiger partial charge in [-0.2, -0.15) is 0 Å². The van der Waals surface area contributed by atoms with Crippen molar-refractivity contribution in [1.82, 2.24) is 0 Å². The third-order valence-corrected chi connectivity index (χ3v) is 6.41. The normalized spacial score (nSPS) is 21.6. The first-order chi connectivity index (χ1) is 15.5. The maximum atomic E-state index is 11.6. The van der Waals surface area contributed by atoms with Gasteiger partial charge < -0.3 is 14.6 Å². The molecular formula is C27H40O5. The third-order valence-electron chi connectivity index (χ3n) is 6.41. The van der Waals surface area contributed by atoms with Crippen LogP contribution in [0.15, 0.2) is 36.4 Å². The van der Waals surface area contributed by atoms with Gasteiger partial charge in [0.1, 0.15) is 6.10 Å². The van der Waals surface area contributed by atoms with Crippen molar-refractivity contribution in [2.45, 2.75) is 96.2 Å². The maximum absolute atomic E-state index is 11.6. The summed E-state index contributed by atoms with van der Waals surface area (Å²) in [7, 11) is 1.42. The second-order valence-electron chi connectivity index (χ2n) is 8.87. The molecule has 1 saturated carbocycles. The average molecular weight is 445 g/mol. The van der Waals surface area contributed by atoms with Gasteiger partial charge >= 0.3 is 11.9 Å². The first-order valence-corrected chi connectivity index (χ1v) is 12.1. The fourth-order valence-electron chi connectivity index (χ4n) is 4.68. The molecule has 1 aromatic carbocycles. The number of rotatable bonds is 13. The van der Waals surface area contributed by atoms with E-state index in [-0.39, 0.29) is 30.1 Å². The van der Waals surface area contributed by atoms with Crippen LogP contribution in [0.25, 0.3) is 0 Å². The molecule has 0 bridgehead atoms. The summed E-state index contributed by atoms with van der Waals surface area (Å²) in [6, 6.07) is 8.30. The molecule has 2 rings (SSSR count). The van der Waals surface area contributed by atoms with Gasteiger partial charge in [0.15, 0.2) is 0 Å². The number of esters is 2. The molecule has 1 aliphatic carbocycles. The monoisotopic (exact) mass is 444 g/mol. The number of carbonyl (C=O) groups excluding carboxylic acids is 2. The third kappa shape index (κ3) is 8.42. The number of aliphatic hydroxyl groups excluding tert-OH is 1. The fourth-order valence-corrected chi connectivity index (χ4v) is 4.68. The van der Waals surface area contributed by atoms with Crippen molar-refractivity contribution < 1.29 is 24.2 Å². The second-order valence-corrected chi connectivity index (χ2v) is 8.87. The van der Waals surface area contributed by atoms with E-state index in [0.717, 1.165) is 68.9 Å². The highest BCUT2D eigenvalue weighted by Gasteiger charge is 2.35. The smallest absolute Gasteiger partial charge is 0.305 e. The largest absolute Gasteiger partial charge is 0.469 e. The first-order valence-electron chi connectivity index (χ1n) is 12.1. The number of unbranched alkanes of at least 4 members (excludes halogenated alkanes) is 3. The van der Waals surface area contributed by atoms with E-state index in [4.69, 9.17) is 4.74 Å². The number of benzene rings is 1. The molecule has 1 fully saturated rings. The van der Waals surface area contributed by atoms with Crippen LogP contribution in [0.2, 0.25) is 0 Å². The molecule has 0 amide bonds. The number of allylic oxidation sites excluding steroid dienone is 2. The molecule has 0 aliphatic heterocycles. The van der Waals surface area contributed by atoms with Gasteiger partial charge in [0.05, 0.1) is 13.2 Å². The summed E-state index contributed by atoms with van der Waals surface area (Å²) in [5.41, 5.74) is 2.17. The topological polar surface area (TPSA) is 72.8 Å². The Labute approximate surface area is 193 Å². The van der Waals surface area contributed by atoms with Crippen molar-refractivity contribution in [1.29, 1.82) is 0 Å². The van der Waals surface area contributed by atoms with Gasteiger partial charge in [-0.05, 0) is 62.0 Å². The van der Waals surface area contributed by atoms with E-state index >= 15 is 0 Å². The Bertz CT molecular complexity index is 724. The van der Waals surface area contributed by atoms with Crippen molar-refractivity contribution in [3.63, 3.8) is 0 Å². The minimum atomic E-state index is -0.326. The predicted molar refractivity (Wildman–Crippen MR) is 126 cm³/mol. The van der Waals surface area contributed by atoms with Crippen LogP contribution in [0.5, 0.6) is 0 Å². The Morgan fingerprint density at radius 1 is 1.12 bits per heavy atom. The first kappa shape index (κ1) is 26.1. The van der Waals surface area contributed by atoms with Crippen LogP contribution in [0.4, 0.5) is 0 Å². The highest BCUT2D eigenvalue weighted by molar-refractivity contribution is 5.69. The molecule has 1 N–H and O–H groups in total. The van der Waals surface area contributed by atoms with Crippen molar-refractivity contribution in [2.24, 2.45) is 5.92 Å². The zero-order chi connectivity index (χ0) is 23.3. The molecule has 32 heavy (non-hydrogen) atoms. The molecule has 0 saturated heterocycles. The number of ether oxygens (including phenoxy) is 2. The Morgan fingerprint density at radius 3 is 2.53 bits per heavy atom. The van der Waals surface area contributed by atoms with E-state index in [2.05, 4.69) is 48.1 Å². The lowest BCUT2D eigenvalue weighted by Gasteiger charge is -2.23.